The normalized spacial score (nSPS) is 15.8. The van der Waals surface area contributed by atoms with Crippen molar-refractivity contribution in [2.24, 2.45) is 5.92 Å². The zero-order valence-electron chi connectivity index (χ0n) is 16.3. The topological polar surface area (TPSA) is 41.4 Å². The van der Waals surface area contributed by atoms with Gasteiger partial charge in [0.05, 0.1) is 5.69 Å². The lowest BCUT2D eigenvalue weighted by Crippen LogP contribution is -2.40. The van der Waals surface area contributed by atoms with E-state index in [9.17, 15) is 9.18 Å². The Morgan fingerprint density at radius 2 is 2.00 bits per heavy atom. The van der Waals surface area contributed by atoms with Crippen molar-refractivity contribution in [1.29, 1.82) is 0 Å². The van der Waals surface area contributed by atoms with Gasteiger partial charge in [0.1, 0.15) is 12.4 Å². The van der Waals surface area contributed by atoms with E-state index in [0.29, 0.717) is 12.5 Å². The molecule has 0 atom stereocenters. The van der Waals surface area contributed by atoms with Crippen LogP contribution >= 0.6 is 0 Å². The van der Waals surface area contributed by atoms with Crippen LogP contribution in [0.5, 0.6) is 0 Å². The van der Waals surface area contributed by atoms with Crippen LogP contribution in [0, 0.1) is 18.7 Å². The summed E-state index contributed by atoms with van der Waals surface area (Å²) < 4.78 is 15.4. The number of likely N-dealkylation sites (N-methyl/N-ethyl adjacent to an activating group) is 1. The van der Waals surface area contributed by atoms with Crippen molar-refractivity contribution in [3.05, 3.63) is 53.6 Å². The summed E-state index contributed by atoms with van der Waals surface area (Å²) in [7, 11) is 1.88. The Labute approximate surface area is 160 Å². The van der Waals surface area contributed by atoms with Gasteiger partial charge in [0.15, 0.2) is 0 Å². The third-order valence-electron chi connectivity index (χ3n) is 5.39. The molecule has 3 rings (SSSR count). The predicted octanol–water partition coefficient (Wildman–Crippen LogP) is 2.74. The number of aryl methyl sites for hydroxylation is 1. The van der Waals surface area contributed by atoms with Crippen molar-refractivity contribution in [3.63, 3.8) is 0 Å². The summed E-state index contributed by atoms with van der Waals surface area (Å²) in [6, 6.07) is 8.92. The Morgan fingerprint density at radius 1 is 1.26 bits per heavy atom. The molecule has 0 unspecified atom stereocenters. The SMILES string of the molecule is Cc1ccn(CC(=O)N(C)CC2CCN(CCc3ccccc3F)CC2)n1. The molecule has 0 N–H and O–H groups in total. The van der Waals surface area contributed by atoms with Gasteiger partial charge < -0.3 is 9.80 Å². The number of carbonyl (C=O) groups excluding carboxylic acids is 1. The number of piperidine rings is 1. The van der Waals surface area contributed by atoms with Gasteiger partial charge in [0, 0.05) is 26.3 Å². The van der Waals surface area contributed by atoms with E-state index in [2.05, 4.69) is 10.00 Å². The molecule has 5 nitrogen and oxygen atoms in total. The molecule has 1 aromatic heterocycles. The summed E-state index contributed by atoms with van der Waals surface area (Å²) >= 11 is 0. The molecule has 1 aliphatic rings. The van der Waals surface area contributed by atoms with Crippen LogP contribution in [0.2, 0.25) is 0 Å². The van der Waals surface area contributed by atoms with E-state index >= 15 is 0 Å². The fourth-order valence-corrected chi connectivity index (χ4v) is 3.67. The zero-order valence-corrected chi connectivity index (χ0v) is 16.3. The Bertz CT molecular complexity index is 752. The van der Waals surface area contributed by atoms with Crippen LogP contribution in [0.3, 0.4) is 0 Å². The first-order valence-electron chi connectivity index (χ1n) is 9.71. The van der Waals surface area contributed by atoms with Crippen LogP contribution < -0.4 is 0 Å². The smallest absolute Gasteiger partial charge is 0.244 e. The molecular weight excluding hydrogens is 343 g/mol. The summed E-state index contributed by atoms with van der Waals surface area (Å²) in [6.45, 7) is 5.93. The fraction of sp³-hybridized carbons (Fsp3) is 0.524. The second kappa shape index (κ2) is 9.13. The van der Waals surface area contributed by atoms with Gasteiger partial charge in [0.25, 0.3) is 0 Å². The third kappa shape index (κ3) is 5.63. The second-order valence-corrected chi connectivity index (χ2v) is 7.56. The molecule has 2 aromatic rings. The van der Waals surface area contributed by atoms with Crippen LogP contribution in [0.4, 0.5) is 4.39 Å². The predicted molar refractivity (Wildman–Crippen MR) is 104 cm³/mol. The summed E-state index contributed by atoms with van der Waals surface area (Å²) in [5.74, 6) is 0.517. The lowest BCUT2D eigenvalue weighted by atomic mass is 9.96. The number of likely N-dealkylation sites (tertiary alicyclic amines) is 1. The van der Waals surface area contributed by atoms with Crippen LogP contribution in [0.15, 0.2) is 36.5 Å². The molecule has 1 amide bonds. The molecule has 2 heterocycles. The minimum atomic E-state index is -0.111. The molecule has 1 saturated heterocycles. The Kier molecular flexibility index (Phi) is 6.61. The maximum Gasteiger partial charge on any atom is 0.244 e. The summed E-state index contributed by atoms with van der Waals surface area (Å²) in [4.78, 5) is 16.6. The molecule has 1 aliphatic heterocycles. The minimum absolute atomic E-state index is 0.0973. The number of hydrogen-bond donors (Lipinski definition) is 0. The number of amides is 1. The fourth-order valence-electron chi connectivity index (χ4n) is 3.67. The van der Waals surface area contributed by atoms with E-state index in [4.69, 9.17) is 0 Å². The molecule has 0 spiro atoms. The summed E-state index contributed by atoms with van der Waals surface area (Å²) in [6.07, 6.45) is 4.75. The quantitative estimate of drug-likeness (QED) is 0.750. The highest BCUT2D eigenvalue weighted by Gasteiger charge is 2.22. The first-order chi connectivity index (χ1) is 13.0. The Balaban J connectivity index is 1.38. The first kappa shape index (κ1) is 19.5. The molecule has 0 bridgehead atoms. The highest BCUT2D eigenvalue weighted by Crippen LogP contribution is 2.19. The molecule has 1 aromatic carbocycles. The molecule has 1 fully saturated rings. The largest absolute Gasteiger partial charge is 0.344 e. The van der Waals surface area contributed by atoms with E-state index in [0.717, 1.165) is 56.7 Å². The highest BCUT2D eigenvalue weighted by atomic mass is 19.1. The van der Waals surface area contributed by atoms with Crippen molar-refractivity contribution in [2.45, 2.75) is 32.7 Å². The standard InChI is InChI=1S/C21H29FN4O/c1-17-7-14-26(23-17)16-21(27)24(2)15-18-8-11-25(12-9-18)13-10-19-5-3-4-6-20(19)22/h3-7,14,18H,8-13,15-16H2,1-2H3. The first-order valence-corrected chi connectivity index (χ1v) is 9.71. The van der Waals surface area contributed by atoms with Gasteiger partial charge in [-0.2, -0.15) is 5.10 Å². The number of carbonyl (C=O) groups is 1. The van der Waals surface area contributed by atoms with Gasteiger partial charge >= 0.3 is 0 Å². The van der Waals surface area contributed by atoms with Gasteiger partial charge in [0.2, 0.25) is 5.91 Å². The number of halogens is 1. The number of hydrogen-bond acceptors (Lipinski definition) is 3. The molecule has 146 valence electrons. The van der Waals surface area contributed by atoms with Crippen molar-refractivity contribution in [2.75, 3.05) is 33.2 Å². The highest BCUT2D eigenvalue weighted by molar-refractivity contribution is 5.75. The van der Waals surface area contributed by atoms with Crippen LogP contribution in [0.25, 0.3) is 0 Å². The summed E-state index contributed by atoms with van der Waals surface area (Å²) in [5.41, 5.74) is 1.71. The van der Waals surface area contributed by atoms with E-state index in [-0.39, 0.29) is 11.7 Å². The Hall–Kier alpha value is -2.21. The van der Waals surface area contributed by atoms with Crippen molar-refractivity contribution in [1.82, 2.24) is 19.6 Å². The van der Waals surface area contributed by atoms with Crippen molar-refractivity contribution in [3.8, 4) is 0 Å². The van der Waals surface area contributed by atoms with E-state index in [1.54, 1.807) is 10.7 Å². The third-order valence-corrected chi connectivity index (χ3v) is 5.39. The van der Waals surface area contributed by atoms with E-state index in [1.165, 1.54) is 6.07 Å². The summed E-state index contributed by atoms with van der Waals surface area (Å²) in [5, 5.41) is 4.28. The second-order valence-electron chi connectivity index (χ2n) is 7.56. The lowest BCUT2D eigenvalue weighted by molar-refractivity contribution is -0.131. The van der Waals surface area contributed by atoms with E-state index < -0.39 is 0 Å². The van der Waals surface area contributed by atoms with Gasteiger partial charge in [-0.3, -0.25) is 9.48 Å². The van der Waals surface area contributed by atoms with Gasteiger partial charge in [-0.15, -0.1) is 0 Å². The van der Waals surface area contributed by atoms with Gasteiger partial charge in [-0.1, -0.05) is 18.2 Å². The van der Waals surface area contributed by atoms with Crippen molar-refractivity contribution < 1.29 is 9.18 Å². The zero-order chi connectivity index (χ0) is 19.2. The maximum atomic E-state index is 13.7. The average molecular weight is 372 g/mol. The average Bonchev–Trinajstić information content (AvgIpc) is 3.07. The Morgan fingerprint density at radius 3 is 2.67 bits per heavy atom. The molecular formula is C21H29FN4O. The number of aromatic nitrogens is 2. The van der Waals surface area contributed by atoms with Crippen LogP contribution in [0.1, 0.15) is 24.1 Å². The van der Waals surface area contributed by atoms with Crippen LogP contribution in [-0.4, -0.2) is 58.7 Å². The van der Waals surface area contributed by atoms with Gasteiger partial charge in [-0.25, -0.2) is 4.39 Å². The number of rotatable bonds is 7. The maximum absolute atomic E-state index is 13.7. The van der Waals surface area contributed by atoms with E-state index in [1.807, 2.05) is 43.3 Å². The molecule has 0 saturated carbocycles. The molecule has 0 aliphatic carbocycles. The van der Waals surface area contributed by atoms with Crippen LogP contribution in [-0.2, 0) is 17.8 Å². The minimum Gasteiger partial charge on any atom is -0.344 e. The molecule has 27 heavy (non-hydrogen) atoms. The lowest BCUT2D eigenvalue weighted by Gasteiger charge is -2.34. The van der Waals surface area contributed by atoms with Gasteiger partial charge in [-0.05, 0) is 62.9 Å². The van der Waals surface area contributed by atoms with Crippen molar-refractivity contribution >= 4 is 5.91 Å². The number of nitrogens with zero attached hydrogens (tertiary/aromatic N) is 4. The monoisotopic (exact) mass is 372 g/mol. The molecule has 0 radical (unpaired) electrons. The number of benzene rings is 1. The molecule has 6 heteroatoms.